The number of carbonyl (C=O) groups excluding carboxylic acids is 1. The van der Waals surface area contributed by atoms with Gasteiger partial charge in [0.05, 0.1) is 6.04 Å². The number of likely N-dealkylation sites (tertiary alicyclic amines) is 1. The molecule has 0 spiro atoms. The zero-order valence-electron chi connectivity index (χ0n) is 11.8. The number of hydrogen-bond acceptors (Lipinski definition) is 3. The highest BCUT2D eigenvalue weighted by atomic mass is 16.2. The van der Waals surface area contributed by atoms with Crippen molar-refractivity contribution in [2.24, 2.45) is 5.73 Å². The maximum absolute atomic E-state index is 12.1. The van der Waals surface area contributed by atoms with Gasteiger partial charge in [-0.15, -0.1) is 0 Å². The van der Waals surface area contributed by atoms with Crippen molar-refractivity contribution in [3.63, 3.8) is 0 Å². The van der Waals surface area contributed by atoms with E-state index < -0.39 is 0 Å². The minimum absolute atomic E-state index is 0.0650. The summed E-state index contributed by atoms with van der Waals surface area (Å²) in [7, 11) is 0. The molecular formula is C13H27N3O. The van der Waals surface area contributed by atoms with Crippen LogP contribution in [0, 0.1) is 0 Å². The van der Waals surface area contributed by atoms with Crippen molar-refractivity contribution in [3.05, 3.63) is 0 Å². The van der Waals surface area contributed by atoms with Gasteiger partial charge in [-0.3, -0.25) is 9.69 Å². The van der Waals surface area contributed by atoms with Crippen molar-refractivity contribution in [3.8, 4) is 0 Å². The van der Waals surface area contributed by atoms with Crippen molar-refractivity contribution in [1.29, 1.82) is 0 Å². The first-order chi connectivity index (χ1) is 7.72. The Hall–Kier alpha value is -0.610. The Balaban J connectivity index is 2.51. The molecule has 0 saturated carbocycles. The van der Waals surface area contributed by atoms with Gasteiger partial charge in [0.15, 0.2) is 0 Å². The van der Waals surface area contributed by atoms with Gasteiger partial charge >= 0.3 is 0 Å². The number of nitrogens with one attached hydrogen (secondary N) is 1. The van der Waals surface area contributed by atoms with Crippen molar-refractivity contribution < 1.29 is 4.79 Å². The summed E-state index contributed by atoms with van der Waals surface area (Å²) in [4.78, 5) is 14.4. The molecule has 0 bridgehead atoms. The summed E-state index contributed by atoms with van der Waals surface area (Å²) in [6, 6.07) is 0.929. The topological polar surface area (TPSA) is 58.4 Å². The lowest BCUT2D eigenvalue weighted by molar-refractivity contribution is -0.127. The van der Waals surface area contributed by atoms with Crippen LogP contribution in [0.5, 0.6) is 0 Å². The van der Waals surface area contributed by atoms with Crippen LogP contribution in [-0.2, 0) is 4.79 Å². The van der Waals surface area contributed by atoms with Gasteiger partial charge in [-0.05, 0) is 47.5 Å². The molecule has 0 aromatic carbocycles. The van der Waals surface area contributed by atoms with E-state index in [9.17, 15) is 4.79 Å². The highest BCUT2D eigenvalue weighted by Gasteiger charge is 2.34. The van der Waals surface area contributed by atoms with Gasteiger partial charge in [0.1, 0.15) is 0 Å². The molecule has 17 heavy (non-hydrogen) atoms. The van der Waals surface area contributed by atoms with Crippen LogP contribution in [0.1, 0.15) is 47.5 Å². The predicted molar refractivity (Wildman–Crippen MR) is 70.7 cm³/mol. The lowest BCUT2D eigenvalue weighted by atomic mass is 10.1. The Morgan fingerprint density at radius 3 is 2.29 bits per heavy atom. The molecule has 0 aromatic rings. The highest BCUT2D eigenvalue weighted by molar-refractivity contribution is 5.81. The van der Waals surface area contributed by atoms with Crippen LogP contribution < -0.4 is 11.1 Å². The molecule has 3 unspecified atom stereocenters. The van der Waals surface area contributed by atoms with Crippen LogP contribution in [-0.4, -0.2) is 41.0 Å². The number of hydrogen-bond donors (Lipinski definition) is 2. The zero-order valence-corrected chi connectivity index (χ0v) is 11.8. The number of carbonyl (C=O) groups is 1. The van der Waals surface area contributed by atoms with Crippen LogP contribution in [0.25, 0.3) is 0 Å². The first-order valence-electron chi connectivity index (χ1n) is 6.56. The van der Waals surface area contributed by atoms with Crippen LogP contribution in [0.3, 0.4) is 0 Å². The molecule has 4 heteroatoms. The van der Waals surface area contributed by atoms with Crippen molar-refractivity contribution >= 4 is 5.91 Å². The maximum atomic E-state index is 12.1. The van der Waals surface area contributed by atoms with Crippen LogP contribution >= 0.6 is 0 Å². The summed E-state index contributed by atoms with van der Waals surface area (Å²) in [5.41, 5.74) is 5.51. The minimum Gasteiger partial charge on any atom is -0.353 e. The van der Waals surface area contributed by atoms with E-state index in [1.54, 1.807) is 0 Å². The molecule has 3 atom stereocenters. The first kappa shape index (κ1) is 14.5. The molecule has 1 fully saturated rings. The van der Waals surface area contributed by atoms with Gasteiger partial charge < -0.3 is 11.1 Å². The van der Waals surface area contributed by atoms with E-state index in [0.29, 0.717) is 18.6 Å². The molecule has 1 amide bonds. The molecule has 1 heterocycles. The third-order valence-corrected chi connectivity index (χ3v) is 3.57. The Labute approximate surface area is 105 Å². The first-order valence-corrected chi connectivity index (χ1v) is 6.56. The van der Waals surface area contributed by atoms with Crippen molar-refractivity contribution in [2.45, 2.75) is 71.1 Å². The number of nitrogens with two attached hydrogens (primary N) is 1. The van der Waals surface area contributed by atoms with Gasteiger partial charge in [-0.25, -0.2) is 0 Å². The largest absolute Gasteiger partial charge is 0.353 e. The lowest BCUT2D eigenvalue weighted by Gasteiger charge is -2.32. The van der Waals surface area contributed by atoms with Crippen molar-refractivity contribution in [2.75, 3.05) is 6.54 Å². The average Bonchev–Trinajstić information content (AvgIpc) is 2.53. The SMILES string of the molecule is CC1CCC(C)N1C(C)C(=O)NCC(C)(C)N. The maximum Gasteiger partial charge on any atom is 0.237 e. The van der Waals surface area contributed by atoms with Gasteiger partial charge in [-0.1, -0.05) is 0 Å². The van der Waals surface area contributed by atoms with E-state index >= 15 is 0 Å². The van der Waals surface area contributed by atoms with E-state index in [4.69, 9.17) is 5.73 Å². The van der Waals surface area contributed by atoms with Gasteiger partial charge in [-0.2, -0.15) is 0 Å². The fraction of sp³-hybridized carbons (Fsp3) is 0.923. The molecule has 1 rings (SSSR count). The van der Waals surface area contributed by atoms with E-state index in [1.807, 2.05) is 20.8 Å². The van der Waals surface area contributed by atoms with E-state index in [1.165, 1.54) is 12.8 Å². The Morgan fingerprint density at radius 2 is 1.88 bits per heavy atom. The van der Waals surface area contributed by atoms with Gasteiger partial charge in [0.25, 0.3) is 0 Å². The minimum atomic E-state index is -0.350. The third kappa shape index (κ3) is 3.96. The summed E-state index contributed by atoms with van der Waals surface area (Å²) in [6.45, 7) is 10.7. The Kier molecular flexibility index (Phi) is 4.55. The molecule has 0 aromatic heterocycles. The summed E-state index contributed by atoms with van der Waals surface area (Å²) >= 11 is 0. The molecule has 1 saturated heterocycles. The van der Waals surface area contributed by atoms with Gasteiger partial charge in [0, 0.05) is 24.2 Å². The second-order valence-electron chi connectivity index (χ2n) is 6.10. The molecule has 0 aliphatic carbocycles. The zero-order chi connectivity index (χ0) is 13.2. The average molecular weight is 241 g/mol. The Bertz CT molecular complexity index is 262. The molecule has 3 N–H and O–H groups in total. The normalized spacial score (nSPS) is 28.1. The van der Waals surface area contributed by atoms with Crippen LogP contribution in [0.15, 0.2) is 0 Å². The number of nitrogens with zero attached hydrogens (tertiary/aromatic N) is 1. The highest BCUT2D eigenvalue weighted by Crippen LogP contribution is 2.25. The summed E-state index contributed by atoms with van der Waals surface area (Å²) in [6.07, 6.45) is 2.36. The van der Waals surface area contributed by atoms with Gasteiger partial charge in [0.2, 0.25) is 5.91 Å². The smallest absolute Gasteiger partial charge is 0.237 e. The Morgan fingerprint density at radius 1 is 1.41 bits per heavy atom. The van der Waals surface area contributed by atoms with E-state index in [2.05, 4.69) is 24.1 Å². The van der Waals surface area contributed by atoms with E-state index in [0.717, 1.165) is 0 Å². The van der Waals surface area contributed by atoms with Crippen LogP contribution in [0.2, 0.25) is 0 Å². The summed E-state index contributed by atoms with van der Waals surface area (Å²) in [5.74, 6) is 0.0872. The monoisotopic (exact) mass is 241 g/mol. The molecular weight excluding hydrogens is 214 g/mol. The summed E-state index contributed by atoms with van der Waals surface area (Å²) in [5, 5.41) is 2.93. The second kappa shape index (κ2) is 5.36. The molecule has 0 radical (unpaired) electrons. The fourth-order valence-electron chi connectivity index (χ4n) is 2.58. The summed E-state index contributed by atoms with van der Waals surface area (Å²) < 4.78 is 0. The quantitative estimate of drug-likeness (QED) is 0.775. The lowest BCUT2D eigenvalue weighted by Crippen LogP contribution is -2.53. The molecule has 100 valence electrons. The standard InChI is InChI=1S/C13H27N3O/c1-9-6-7-10(2)16(9)11(3)12(17)15-8-13(4,5)14/h9-11H,6-8,14H2,1-5H3,(H,15,17). The molecule has 1 aliphatic rings. The predicted octanol–water partition coefficient (Wildman–Crippen LogP) is 1.10. The number of amides is 1. The van der Waals surface area contributed by atoms with Crippen LogP contribution in [0.4, 0.5) is 0 Å². The third-order valence-electron chi connectivity index (χ3n) is 3.57. The molecule has 4 nitrogen and oxygen atoms in total. The fourth-order valence-corrected chi connectivity index (χ4v) is 2.58. The molecule has 1 aliphatic heterocycles. The van der Waals surface area contributed by atoms with Crippen molar-refractivity contribution in [1.82, 2.24) is 10.2 Å². The second-order valence-corrected chi connectivity index (χ2v) is 6.10. The number of rotatable bonds is 4. The van der Waals surface area contributed by atoms with E-state index in [-0.39, 0.29) is 17.5 Å².